The molecule has 0 rings (SSSR count). The summed E-state index contributed by atoms with van der Waals surface area (Å²) >= 11 is 0. The molecule has 0 aliphatic heterocycles. The molecule has 0 aliphatic rings. The van der Waals surface area contributed by atoms with Crippen LogP contribution in [-0.4, -0.2) is 17.0 Å². The SMILES string of the molecule is CCCC(N)=O.CCCCC(C(=O)O)C(C)C. The minimum atomic E-state index is -0.645. The summed E-state index contributed by atoms with van der Waals surface area (Å²) in [5.74, 6) is -0.736. The van der Waals surface area contributed by atoms with Crippen molar-refractivity contribution < 1.29 is 14.7 Å². The molecule has 17 heavy (non-hydrogen) atoms. The van der Waals surface area contributed by atoms with Crippen LogP contribution in [0.1, 0.15) is 59.8 Å². The maximum absolute atomic E-state index is 10.6. The molecule has 0 aromatic carbocycles. The van der Waals surface area contributed by atoms with Crippen LogP contribution in [0.3, 0.4) is 0 Å². The molecule has 0 saturated heterocycles. The minimum absolute atomic E-state index is 0.144. The van der Waals surface area contributed by atoms with Gasteiger partial charge in [0.25, 0.3) is 0 Å². The number of amides is 1. The van der Waals surface area contributed by atoms with Gasteiger partial charge in [-0.25, -0.2) is 0 Å². The molecular weight excluding hydrogens is 218 g/mol. The first-order chi connectivity index (χ1) is 7.86. The molecule has 0 aromatic rings. The fourth-order valence-electron chi connectivity index (χ4n) is 1.41. The third-order valence-corrected chi connectivity index (χ3v) is 2.49. The predicted molar refractivity (Wildman–Crippen MR) is 69.6 cm³/mol. The molecule has 1 amide bonds. The number of nitrogens with two attached hydrogens (primary N) is 1. The van der Waals surface area contributed by atoms with Gasteiger partial charge in [0.15, 0.2) is 0 Å². The lowest BCUT2D eigenvalue weighted by Crippen LogP contribution is -2.19. The average molecular weight is 245 g/mol. The predicted octanol–water partition coefficient (Wildman–Crippen LogP) is 2.81. The van der Waals surface area contributed by atoms with E-state index in [2.05, 4.69) is 6.92 Å². The molecule has 4 nitrogen and oxygen atoms in total. The van der Waals surface area contributed by atoms with E-state index in [1.165, 1.54) is 0 Å². The number of hydrogen-bond donors (Lipinski definition) is 2. The van der Waals surface area contributed by atoms with E-state index >= 15 is 0 Å². The lowest BCUT2D eigenvalue weighted by Gasteiger charge is -2.14. The molecule has 0 saturated carbocycles. The van der Waals surface area contributed by atoms with E-state index in [-0.39, 0.29) is 17.7 Å². The Kier molecular flexibility index (Phi) is 12.3. The number of primary amides is 1. The van der Waals surface area contributed by atoms with Gasteiger partial charge in [0.2, 0.25) is 5.91 Å². The minimum Gasteiger partial charge on any atom is -0.481 e. The Labute approximate surface area is 105 Å². The van der Waals surface area contributed by atoms with Gasteiger partial charge in [0.1, 0.15) is 0 Å². The van der Waals surface area contributed by atoms with E-state index in [1.807, 2.05) is 20.8 Å². The Morgan fingerprint density at radius 1 is 1.18 bits per heavy atom. The van der Waals surface area contributed by atoms with Gasteiger partial charge in [-0.05, 0) is 18.8 Å². The number of carbonyl (C=O) groups excluding carboxylic acids is 1. The van der Waals surface area contributed by atoms with Gasteiger partial charge in [-0.1, -0.05) is 40.5 Å². The summed E-state index contributed by atoms with van der Waals surface area (Å²) in [5.41, 5.74) is 4.76. The Morgan fingerprint density at radius 2 is 1.71 bits per heavy atom. The molecule has 0 fully saturated rings. The summed E-state index contributed by atoms with van der Waals surface area (Å²) in [6.45, 7) is 7.94. The molecule has 3 N–H and O–H groups in total. The fourth-order valence-corrected chi connectivity index (χ4v) is 1.41. The average Bonchev–Trinajstić information content (AvgIpc) is 2.17. The van der Waals surface area contributed by atoms with E-state index in [0.29, 0.717) is 6.42 Å². The second-order valence-corrected chi connectivity index (χ2v) is 4.55. The van der Waals surface area contributed by atoms with Gasteiger partial charge < -0.3 is 10.8 Å². The van der Waals surface area contributed by atoms with E-state index in [4.69, 9.17) is 10.8 Å². The lowest BCUT2D eigenvalue weighted by molar-refractivity contribution is -0.143. The zero-order chi connectivity index (χ0) is 13.8. The maximum Gasteiger partial charge on any atom is 0.306 e. The number of hydrogen-bond acceptors (Lipinski definition) is 2. The van der Waals surface area contributed by atoms with E-state index in [0.717, 1.165) is 25.7 Å². The van der Waals surface area contributed by atoms with Gasteiger partial charge in [-0.15, -0.1) is 0 Å². The quantitative estimate of drug-likeness (QED) is 0.723. The van der Waals surface area contributed by atoms with Gasteiger partial charge >= 0.3 is 5.97 Å². The first-order valence-electron chi connectivity index (χ1n) is 6.37. The normalized spacial score (nSPS) is 11.6. The molecule has 102 valence electrons. The van der Waals surface area contributed by atoms with E-state index in [9.17, 15) is 9.59 Å². The molecule has 0 heterocycles. The van der Waals surface area contributed by atoms with Gasteiger partial charge in [0.05, 0.1) is 5.92 Å². The maximum atomic E-state index is 10.6. The Balaban J connectivity index is 0. The van der Waals surface area contributed by atoms with Crippen molar-refractivity contribution in [3.8, 4) is 0 Å². The Morgan fingerprint density at radius 3 is 1.88 bits per heavy atom. The van der Waals surface area contributed by atoms with Gasteiger partial charge in [-0.2, -0.15) is 0 Å². The Hall–Kier alpha value is -1.06. The van der Waals surface area contributed by atoms with Crippen LogP contribution in [0.5, 0.6) is 0 Å². The van der Waals surface area contributed by atoms with Crippen molar-refractivity contribution in [1.82, 2.24) is 0 Å². The molecule has 0 aliphatic carbocycles. The molecule has 0 radical (unpaired) electrons. The van der Waals surface area contributed by atoms with Crippen LogP contribution in [-0.2, 0) is 9.59 Å². The second-order valence-electron chi connectivity index (χ2n) is 4.55. The van der Waals surface area contributed by atoms with Crippen molar-refractivity contribution in [2.75, 3.05) is 0 Å². The van der Waals surface area contributed by atoms with Crippen LogP contribution in [0.25, 0.3) is 0 Å². The molecule has 1 unspecified atom stereocenters. The smallest absolute Gasteiger partial charge is 0.306 e. The molecule has 1 atom stereocenters. The van der Waals surface area contributed by atoms with E-state index < -0.39 is 5.97 Å². The summed E-state index contributed by atoms with van der Waals surface area (Å²) in [4.78, 5) is 20.5. The van der Waals surface area contributed by atoms with Crippen molar-refractivity contribution >= 4 is 11.9 Å². The summed E-state index contributed by atoms with van der Waals surface area (Å²) in [7, 11) is 0. The highest BCUT2D eigenvalue weighted by molar-refractivity contribution is 5.73. The van der Waals surface area contributed by atoms with Crippen molar-refractivity contribution in [3.05, 3.63) is 0 Å². The summed E-state index contributed by atoms with van der Waals surface area (Å²) in [6.07, 6.45) is 4.30. The number of unbranched alkanes of at least 4 members (excludes halogenated alkanes) is 1. The lowest BCUT2D eigenvalue weighted by atomic mass is 9.91. The highest BCUT2D eigenvalue weighted by Crippen LogP contribution is 2.17. The van der Waals surface area contributed by atoms with Crippen LogP contribution in [0.2, 0.25) is 0 Å². The number of carbonyl (C=O) groups is 2. The van der Waals surface area contributed by atoms with Gasteiger partial charge in [0, 0.05) is 6.42 Å². The van der Waals surface area contributed by atoms with Crippen LogP contribution in [0.15, 0.2) is 0 Å². The zero-order valence-corrected chi connectivity index (χ0v) is 11.5. The highest BCUT2D eigenvalue weighted by Gasteiger charge is 2.19. The summed E-state index contributed by atoms with van der Waals surface area (Å²) in [5, 5.41) is 8.77. The van der Waals surface area contributed by atoms with Crippen LogP contribution < -0.4 is 5.73 Å². The molecule has 0 spiro atoms. The number of carboxylic acid groups (broad SMARTS) is 1. The number of rotatable bonds is 7. The molecule has 0 bridgehead atoms. The largest absolute Gasteiger partial charge is 0.481 e. The summed E-state index contributed by atoms with van der Waals surface area (Å²) in [6, 6.07) is 0. The van der Waals surface area contributed by atoms with Crippen molar-refractivity contribution in [2.45, 2.75) is 59.8 Å². The monoisotopic (exact) mass is 245 g/mol. The molecule has 4 heteroatoms. The first-order valence-corrected chi connectivity index (χ1v) is 6.37. The number of carboxylic acids is 1. The van der Waals surface area contributed by atoms with Gasteiger partial charge in [-0.3, -0.25) is 9.59 Å². The zero-order valence-electron chi connectivity index (χ0n) is 11.5. The van der Waals surface area contributed by atoms with Crippen LogP contribution in [0.4, 0.5) is 0 Å². The van der Waals surface area contributed by atoms with Crippen LogP contribution in [0, 0.1) is 11.8 Å². The first kappa shape index (κ1) is 18.3. The fraction of sp³-hybridized carbons (Fsp3) is 0.846. The summed E-state index contributed by atoms with van der Waals surface area (Å²) < 4.78 is 0. The topological polar surface area (TPSA) is 80.4 Å². The van der Waals surface area contributed by atoms with Crippen molar-refractivity contribution in [1.29, 1.82) is 0 Å². The highest BCUT2D eigenvalue weighted by atomic mass is 16.4. The molecular formula is C13H27NO3. The standard InChI is InChI=1S/C9H18O2.C4H9NO/c1-4-5-6-8(7(2)3)9(10)11;1-2-3-4(5)6/h7-8H,4-6H2,1-3H3,(H,10,11);2-3H2,1H3,(H2,5,6). The van der Waals surface area contributed by atoms with Crippen LogP contribution >= 0.6 is 0 Å². The van der Waals surface area contributed by atoms with E-state index in [1.54, 1.807) is 0 Å². The Bertz CT molecular complexity index is 215. The third kappa shape index (κ3) is 12.9. The van der Waals surface area contributed by atoms with Crippen molar-refractivity contribution in [3.63, 3.8) is 0 Å². The third-order valence-electron chi connectivity index (χ3n) is 2.49. The second kappa shape index (κ2) is 11.4. The molecule has 0 aromatic heterocycles. The number of aliphatic carboxylic acids is 1. The van der Waals surface area contributed by atoms with Crippen molar-refractivity contribution in [2.24, 2.45) is 17.6 Å².